The van der Waals surface area contributed by atoms with Crippen LogP contribution in [0.2, 0.25) is 0 Å². The average Bonchev–Trinajstić information content (AvgIpc) is 3.03. The lowest BCUT2D eigenvalue weighted by atomic mass is 10.2. The van der Waals surface area contributed by atoms with E-state index in [0.29, 0.717) is 18.1 Å². The largest absolute Gasteiger partial charge is 0.493 e. The Morgan fingerprint density at radius 2 is 1.71 bits per heavy atom. The Hall–Kier alpha value is -3.35. The highest BCUT2D eigenvalue weighted by molar-refractivity contribution is 6.04. The van der Waals surface area contributed by atoms with Crippen molar-refractivity contribution in [3.63, 3.8) is 0 Å². The van der Waals surface area contributed by atoms with Crippen LogP contribution in [0.3, 0.4) is 0 Å². The van der Waals surface area contributed by atoms with E-state index in [9.17, 15) is 14.4 Å². The van der Waals surface area contributed by atoms with E-state index in [1.54, 1.807) is 19.2 Å². The van der Waals surface area contributed by atoms with Gasteiger partial charge in [0.25, 0.3) is 0 Å². The third-order valence-corrected chi connectivity index (χ3v) is 4.41. The molecule has 1 aliphatic heterocycles. The van der Waals surface area contributed by atoms with Gasteiger partial charge < -0.3 is 14.8 Å². The van der Waals surface area contributed by atoms with E-state index in [1.807, 2.05) is 36.4 Å². The Morgan fingerprint density at radius 1 is 1.00 bits per heavy atom. The van der Waals surface area contributed by atoms with Crippen LogP contribution in [0, 0.1) is 0 Å². The molecule has 1 N–H and O–H groups in total. The molecule has 28 heavy (non-hydrogen) atoms. The fraction of sp³-hybridized carbons (Fsp3) is 0.286. The quantitative estimate of drug-likeness (QED) is 0.707. The lowest BCUT2D eigenvalue weighted by Crippen LogP contribution is -2.39. The summed E-state index contributed by atoms with van der Waals surface area (Å²) in [7, 11) is 1.55. The second-order valence-corrected chi connectivity index (χ2v) is 6.41. The van der Waals surface area contributed by atoms with Crippen molar-refractivity contribution in [3.05, 3.63) is 59.7 Å². The van der Waals surface area contributed by atoms with E-state index in [1.165, 1.54) is 0 Å². The van der Waals surface area contributed by atoms with Gasteiger partial charge in [-0.05, 0) is 23.3 Å². The van der Waals surface area contributed by atoms with E-state index in [4.69, 9.17) is 9.47 Å². The van der Waals surface area contributed by atoms with Crippen LogP contribution in [-0.4, -0.2) is 36.3 Å². The molecule has 0 bridgehead atoms. The van der Waals surface area contributed by atoms with Gasteiger partial charge in [0.1, 0.15) is 13.2 Å². The number of hydrogen-bond donors (Lipinski definition) is 1. The average molecular weight is 382 g/mol. The molecule has 0 spiro atoms. The number of hydrogen-bond acceptors (Lipinski definition) is 5. The molecule has 0 aliphatic carbocycles. The molecule has 3 rings (SSSR count). The van der Waals surface area contributed by atoms with Crippen molar-refractivity contribution in [1.29, 1.82) is 0 Å². The lowest BCUT2D eigenvalue weighted by molar-refractivity contribution is -0.142. The summed E-state index contributed by atoms with van der Waals surface area (Å²) in [5, 5.41) is 2.71. The molecule has 1 saturated heterocycles. The summed E-state index contributed by atoms with van der Waals surface area (Å²) in [6, 6.07) is 15.2. The van der Waals surface area contributed by atoms with Gasteiger partial charge in [0.05, 0.1) is 7.11 Å². The van der Waals surface area contributed by atoms with Gasteiger partial charge in [-0.15, -0.1) is 0 Å². The molecule has 0 unspecified atom stereocenters. The number of carbonyl (C=O) groups excluding carboxylic acids is 3. The van der Waals surface area contributed by atoms with Crippen LogP contribution < -0.4 is 14.8 Å². The molecule has 7 nitrogen and oxygen atoms in total. The van der Waals surface area contributed by atoms with E-state index in [0.717, 1.165) is 16.0 Å². The first-order valence-electron chi connectivity index (χ1n) is 9.00. The predicted molar refractivity (Wildman–Crippen MR) is 102 cm³/mol. The third-order valence-electron chi connectivity index (χ3n) is 4.41. The number of amides is 3. The minimum atomic E-state index is -0.382. The SMILES string of the molecule is COc1cc(CNC(=O)CN2C(=O)CCC2=O)ccc1OCc1ccccc1. The monoisotopic (exact) mass is 382 g/mol. The molecular weight excluding hydrogens is 360 g/mol. The molecule has 0 aromatic heterocycles. The summed E-state index contributed by atoms with van der Waals surface area (Å²) in [6.45, 7) is 0.433. The van der Waals surface area contributed by atoms with Crippen molar-refractivity contribution in [2.75, 3.05) is 13.7 Å². The normalized spacial score (nSPS) is 13.5. The van der Waals surface area contributed by atoms with E-state index >= 15 is 0 Å². The van der Waals surface area contributed by atoms with Gasteiger partial charge in [-0.2, -0.15) is 0 Å². The predicted octanol–water partition coefficient (Wildman–Crippen LogP) is 2.04. The fourth-order valence-electron chi connectivity index (χ4n) is 2.88. The van der Waals surface area contributed by atoms with Crippen LogP contribution in [0.15, 0.2) is 48.5 Å². The summed E-state index contributed by atoms with van der Waals surface area (Å²) in [4.78, 5) is 36.2. The highest BCUT2D eigenvalue weighted by Gasteiger charge is 2.30. The highest BCUT2D eigenvalue weighted by Crippen LogP contribution is 2.28. The van der Waals surface area contributed by atoms with Crippen molar-refractivity contribution in [2.45, 2.75) is 26.0 Å². The number of rotatable bonds is 8. The van der Waals surface area contributed by atoms with E-state index < -0.39 is 0 Å². The number of ether oxygens (including phenoxy) is 2. The van der Waals surface area contributed by atoms with Gasteiger partial charge in [-0.25, -0.2) is 0 Å². The summed E-state index contributed by atoms with van der Waals surface area (Å²) in [5.74, 6) is 0.178. The maximum Gasteiger partial charge on any atom is 0.240 e. The van der Waals surface area contributed by atoms with Crippen molar-refractivity contribution in [1.82, 2.24) is 10.2 Å². The van der Waals surface area contributed by atoms with Crippen molar-refractivity contribution in [3.8, 4) is 11.5 Å². The van der Waals surface area contributed by atoms with Crippen LogP contribution in [0.1, 0.15) is 24.0 Å². The second-order valence-electron chi connectivity index (χ2n) is 6.41. The minimum Gasteiger partial charge on any atom is -0.493 e. The molecule has 2 aromatic rings. The van der Waals surface area contributed by atoms with E-state index in [2.05, 4.69) is 5.32 Å². The molecule has 0 radical (unpaired) electrons. The van der Waals surface area contributed by atoms with Crippen LogP contribution in [0.5, 0.6) is 11.5 Å². The first-order valence-corrected chi connectivity index (χ1v) is 9.00. The number of imide groups is 1. The van der Waals surface area contributed by atoms with Crippen LogP contribution >= 0.6 is 0 Å². The molecular formula is C21H22N2O5. The Kier molecular flexibility index (Phi) is 6.26. The van der Waals surface area contributed by atoms with Gasteiger partial charge >= 0.3 is 0 Å². The highest BCUT2D eigenvalue weighted by atomic mass is 16.5. The van der Waals surface area contributed by atoms with Gasteiger partial charge in [0.15, 0.2) is 11.5 Å². The minimum absolute atomic E-state index is 0.174. The standard InChI is InChI=1S/C21H22N2O5/c1-27-18-11-16(7-8-17(18)28-14-15-5-3-2-4-6-15)12-22-19(24)13-23-20(25)9-10-21(23)26/h2-8,11H,9-10,12-14H2,1H3,(H,22,24). The number of benzene rings is 2. The third kappa shape index (κ3) is 4.88. The second kappa shape index (κ2) is 9.03. The zero-order chi connectivity index (χ0) is 19.9. The number of methoxy groups -OCH3 is 1. The van der Waals surface area contributed by atoms with Gasteiger partial charge in [0, 0.05) is 19.4 Å². The molecule has 0 saturated carbocycles. The summed E-state index contributed by atoms with van der Waals surface area (Å²) >= 11 is 0. The Bertz CT molecular complexity index is 850. The topological polar surface area (TPSA) is 84.9 Å². The van der Waals surface area contributed by atoms with Crippen molar-refractivity contribution < 1.29 is 23.9 Å². The van der Waals surface area contributed by atoms with Crippen molar-refractivity contribution >= 4 is 17.7 Å². The molecule has 146 valence electrons. The number of nitrogens with one attached hydrogen (secondary N) is 1. The summed E-state index contributed by atoms with van der Waals surface area (Å²) in [5.41, 5.74) is 1.86. The molecule has 0 atom stereocenters. The number of nitrogens with zero attached hydrogens (tertiary/aromatic N) is 1. The molecule has 2 aromatic carbocycles. The van der Waals surface area contributed by atoms with Crippen LogP contribution in [-0.2, 0) is 27.5 Å². The molecule has 1 fully saturated rings. The van der Waals surface area contributed by atoms with Crippen LogP contribution in [0.25, 0.3) is 0 Å². The van der Waals surface area contributed by atoms with Gasteiger partial charge in [-0.3, -0.25) is 19.3 Å². The van der Waals surface area contributed by atoms with Crippen molar-refractivity contribution in [2.24, 2.45) is 0 Å². The maximum atomic E-state index is 12.0. The maximum absolute atomic E-state index is 12.0. The number of likely N-dealkylation sites (tertiary alicyclic amines) is 1. The van der Waals surface area contributed by atoms with Gasteiger partial charge in [0.2, 0.25) is 17.7 Å². The first kappa shape index (κ1) is 19.4. The smallest absolute Gasteiger partial charge is 0.240 e. The zero-order valence-electron chi connectivity index (χ0n) is 15.6. The number of carbonyl (C=O) groups is 3. The summed E-state index contributed by atoms with van der Waals surface area (Å²) in [6.07, 6.45) is 0.349. The molecule has 1 heterocycles. The Morgan fingerprint density at radius 3 is 2.39 bits per heavy atom. The van der Waals surface area contributed by atoms with Gasteiger partial charge in [-0.1, -0.05) is 36.4 Å². The Balaban J connectivity index is 1.55. The van der Waals surface area contributed by atoms with Crippen LogP contribution in [0.4, 0.5) is 0 Å². The van der Waals surface area contributed by atoms with E-state index in [-0.39, 0.29) is 43.7 Å². The molecule has 7 heteroatoms. The zero-order valence-corrected chi connectivity index (χ0v) is 15.6. The molecule has 3 amide bonds. The molecule has 1 aliphatic rings. The Labute approximate surface area is 163 Å². The first-order chi connectivity index (χ1) is 13.6. The lowest BCUT2D eigenvalue weighted by Gasteiger charge is -2.15. The fourth-order valence-corrected chi connectivity index (χ4v) is 2.88. The summed E-state index contributed by atoms with van der Waals surface area (Å²) < 4.78 is 11.2.